The molecule has 17 heavy (non-hydrogen) atoms. The summed E-state index contributed by atoms with van der Waals surface area (Å²) >= 11 is 0. The Balaban J connectivity index is 2.28. The van der Waals surface area contributed by atoms with Crippen molar-refractivity contribution < 1.29 is 13.9 Å². The number of ether oxygens (including phenoxy) is 1. The molecule has 0 aliphatic carbocycles. The second-order valence-electron chi connectivity index (χ2n) is 4.29. The van der Waals surface area contributed by atoms with Gasteiger partial charge in [-0.25, -0.2) is 0 Å². The minimum Gasteiger partial charge on any atom is -0.490 e. The van der Waals surface area contributed by atoms with Gasteiger partial charge in [-0.15, -0.1) is 0 Å². The molecule has 3 rings (SSSR count). The fraction of sp³-hybridized carbons (Fsp3) is 0.308. The fourth-order valence-corrected chi connectivity index (χ4v) is 2.13. The van der Waals surface area contributed by atoms with Gasteiger partial charge in [-0.2, -0.15) is 0 Å². The van der Waals surface area contributed by atoms with Crippen molar-refractivity contribution in [3.63, 3.8) is 0 Å². The monoisotopic (exact) mass is 231 g/mol. The molecule has 0 unspecified atom stereocenters. The second-order valence-corrected chi connectivity index (χ2v) is 4.29. The van der Waals surface area contributed by atoms with Crippen LogP contribution in [0.1, 0.15) is 16.1 Å². The quantitative estimate of drug-likeness (QED) is 0.698. The zero-order valence-electron chi connectivity index (χ0n) is 9.82. The average Bonchev–Trinajstić information content (AvgIpc) is 2.62. The average molecular weight is 231 g/mol. The molecule has 1 aliphatic rings. The lowest BCUT2D eigenvalue weighted by Crippen LogP contribution is -2.27. The molecule has 88 valence electrons. The number of likely N-dealkylation sites (N-methyl/N-ethyl adjacent to an activating group) is 1. The molecule has 0 saturated heterocycles. The Kier molecular flexibility index (Phi) is 2.11. The highest BCUT2D eigenvalue weighted by Crippen LogP contribution is 2.33. The van der Waals surface area contributed by atoms with Gasteiger partial charge in [0.2, 0.25) is 0 Å². The van der Waals surface area contributed by atoms with Crippen molar-refractivity contribution in [2.75, 3.05) is 20.2 Å². The Morgan fingerprint density at radius 2 is 2.18 bits per heavy atom. The Morgan fingerprint density at radius 3 is 3.00 bits per heavy atom. The Labute approximate surface area is 98.8 Å². The van der Waals surface area contributed by atoms with Crippen LogP contribution in [0.15, 0.2) is 22.6 Å². The highest BCUT2D eigenvalue weighted by Gasteiger charge is 2.23. The number of fused-ring (bicyclic) bond motifs is 3. The maximum absolute atomic E-state index is 12.1. The van der Waals surface area contributed by atoms with Gasteiger partial charge in [0.1, 0.15) is 23.7 Å². The molecule has 1 aliphatic heterocycles. The smallest absolute Gasteiger partial charge is 0.257 e. The molecule has 0 spiro atoms. The molecule has 4 nitrogen and oxygen atoms in total. The molecule has 1 amide bonds. The number of nitrogens with zero attached hydrogens (tertiary/aromatic N) is 1. The third kappa shape index (κ3) is 1.48. The van der Waals surface area contributed by atoms with Gasteiger partial charge in [-0.05, 0) is 25.1 Å². The Hall–Kier alpha value is -1.97. The van der Waals surface area contributed by atoms with Crippen LogP contribution in [0.4, 0.5) is 0 Å². The lowest BCUT2D eigenvalue weighted by Gasteiger charge is -2.11. The molecule has 0 fully saturated rings. The molecular weight excluding hydrogens is 218 g/mol. The van der Waals surface area contributed by atoms with Gasteiger partial charge in [0.25, 0.3) is 5.91 Å². The van der Waals surface area contributed by atoms with E-state index in [1.165, 1.54) is 0 Å². The van der Waals surface area contributed by atoms with Gasteiger partial charge in [0, 0.05) is 7.05 Å². The third-order valence-electron chi connectivity index (χ3n) is 3.02. The van der Waals surface area contributed by atoms with Crippen LogP contribution in [0.5, 0.6) is 5.75 Å². The maximum Gasteiger partial charge on any atom is 0.257 e. The summed E-state index contributed by atoms with van der Waals surface area (Å²) in [5.41, 5.74) is 1.37. The van der Waals surface area contributed by atoms with E-state index in [0.29, 0.717) is 24.5 Å². The van der Waals surface area contributed by atoms with Crippen LogP contribution in [0.2, 0.25) is 0 Å². The van der Waals surface area contributed by atoms with E-state index >= 15 is 0 Å². The molecule has 1 aromatic carbocycles. The molecule has 0 radical (unpaired) electrons. The number of rotatable bonds is 0. The van der Waals surface area contributed by atoms with Crippen LogP contribution in [0.3, 0.4) is 0 Å². The van der Waals surface area contributed by atoms with Crippen LogP contribution in [-0.4, -0.2) is 31.0 Å². The van der Waals surface area contributed by atoms with E-state index in [2.05, 4.69) is 0 Å². The zero-order chi connectivity index (χ0) is 12.0. The highest BCUT2D eigenvalue weighted by molar-refractivity contribution is 6.03. The van der Waals surface area contributed by atoms with Crippen molar-refractivity contribution >= 4 is 16.9 Å². The summed E-state index contributed by atoms with van der Waals surface area (Å²) in [6.45, 7) is 3.00. The molecule has 0 bridgehead atoms. The normalized spacial score (nSPS) is 15.6. The van der Waals surface area contributed by atoms with Gasteiger partial charge < -0.3 is 14.1 Å². The van der Waals surface area contributed by atoms with Gasteiger partial charge in [-0.3, -0.25) is 4.79 Å². The van der Waals surface area contributed by atoms with Crippen molar-refractivity contribution in [1.82, 2.24) is 4.90 Å². The maximum atomic E-state index is 12.1. The predicted molar refractivity (Wildman–Crippen MR) is 63.4 cm³/mol. The van der Waals surface area contributed by atoms with Crippen molar-refractivity contribution in [2.24, 2.45) is 0 Å². The minimum absolute atomic E-state index is 0.00162. The van der Waals surface area contributed by atoms with Crippen LogP contribution in [0.25, 0.3) is 11.0 Å². The molecule has 0 N–H and O–H groups in total. The Morgan fingerprint density at radius 1 is 1.35 bits per heavy atom. The van der Waals surface area contributed by atoms with Crippen LogP contribution < -0.4 is 4.74 Å². The van der Waals surface area contributed by atoms with Gasteiger partial charge in [0.15, 0.2) is 0 Å². The summed E-state index contributed by atoms with van der Waals surface area (Å²) in [5.74, 6) is 1.47. The van der Waals surface area contributed by atoms with Crippen LogP contribution in [0, 0.1) is 6.92 Å². The highest BCUT2D eigenvalue weighted by atomic mass is 16.5. The molecule has 0 saturated carbocycles. The largest absolute Gasteiger partial charge is 0.490 e. The SMILES string of the molecule is Cc1cc2c3c(ccc2o1)C(=O)N(C)CCO3. The van der Waals surface area contributed by atoms with Crippen molar-refractivity contribution in [3.8, 4) is 5.75 Å². The topological polar surface area (TPSA) is 42.7 Å². The van der Waals surface area contributed by atoms with E-state index in [-0.39, 0.29) is 5.91 Å². The van der Waals surface area contributed by atoms with Crippen molar-refractivity contribution in [3.05, 3.63) is 29.5 Å². The van der Waals surface area contributed by atoms with E-state index in [9.17, 15) is 4.79 Å². The van der Waals surface area contributed by atoms with E-state index < -0.39 is 0 Å². The molecule has 2 heterocycles. The molecule has 2 aromatic rings. The number of hydrogen-bond acceptors (Lipinski definition) is 3. The predicted octanol–water partition coefficient (Wildman–Crippen LogP) is 2.21. The number of furan rings is 1. The summed E-state index contributed by atoms with van der Waals surface area (Å²) in [4.78, 5) is 13.8. The number of carbonyl (C=O) groups is 1. The van der Waals surface area contributed by atoms with Gasteiger partial charge in [0.05, 0.1) is 17.5 Å². The summed E-state index contributed by atoms with van der Waals surface area (Å²) in [6.07, 6.45) is 0. The van der Waals surface area contributed by atoms with Crippen LogP contribution in [-0.2, 0) is 0 Å². The van der Waals surface area contributed by atoms with E-state index in [4.69, 9.17) is 9.15 Å². The standard InChI is InChI=1S/C13H13NO3/c1-8-7-10-11(17-8)4-3-9-12(10)16-6-5-14(2)13(9)15/h3-4,7H,5-6H2,1-2H3. The molecule has 1 aromatic heterocycles. The second kappa shape index (κ2) is 3.52. The first-order valence-corrected chi connectivity index (χ1v) is 5.58. The summed E-state index contributed by atoms with van der Waals surface area (Å²) in [7, 11) is 1.78. The number of aryl methyl sites for hydroxylation is 1. The summed E-state index contributed by atoms with van der Waals surface area (Å²) in [6, 6.07) is 5.50. The van der Waals surface area contributed by atoms with Crippen molar-refractivity contribution in [2.45, 2.75) is 6.92 Å². The first-order valence-electron chi connectivity index (χ1n) is 5.58. The molecule has 0 atom stereocenters. The van der Waals surface area contributed by atoms with Gasteiger partial charge in [-0.1, -0.05) is 0 Å². The van der Waals surface area contributed by atoms with Crippen LogP contribution >= 0.6 is 0 Å². The zero-order valence-corrected chi connectivity index (χ0v) is 9.82. The first-order chi connectivity index (χ1) is 8.16. The van der Waals surface area contributed by atoms with Gasteiger partial charge >= 0.3 is 0 Å². The lowest BCUT2D eigenvalue weighted by atomic mass is 10.1. The Bertz CT molecular complexity index is 600. The van der Waals surface area contributed by atoms with E-state index in [1.807, 2.05) is 19.1 Å². The third-order valence-corrected chi connectivity index (χ3v) is 3.02. The minimum atomic E-state index is -0.00162. The molecule has 4 heteroatoms. The number of carbonyl (C=O) groups excluding carboxylic acids is 1. The number of benzene rings is 1. The van der Waals surface area contributed by atoms with E-state index in [0.717, 1.165) is 16.7 Å². The van der Waals surface area contributed by atoms with E-state index in [1.54, 1.807) is 18.0 Å². The summed E-state index contributed by atoms with van der Waals surface area (Å²) in [5, 5.41) is 0.878. The van der Waals surface area contributed by atoms with Crippen molar-refractivity contribution in [1.29, 1.82) is 0 Å². The summed E-state index contributed by atoms with van der Waals surface area (Å²) < 4.78 is 11.2. The molecular formula is C13H13NO3. The lowest BCUT2D eigenvalue weighted by molar-refractivity contribution is 0.0797. The first kappa shape index (κ1) is 10.2. The number of amides is 1. The number of hydrogen-bond donors (Lipinski definition) is 0. The fourth-order valence-electron chi connectivity index (χ4n) is 2.13.